The van der Waals surface area contributed by atoms with Gasteiger partial charge in [-0.25, -0.2) is 0 Å². The van der Waals surface area contributed by atoms with Gasteiger partial charge in [0, 0.05) is 20.1 Å². The fourth-order valence-corrected chi connectivity index (χ4v) is 2.78. The van der Waals surface area contributed by atoms with E-state index in [4.69, 9.17) is 0 Å². The monoisotopic (exact) mass is 216 g/mol. The van der Waals surface area contributed by atoms with Gasteiger partial charge < -0.3 is 10.2 Å². The van der Waals surface area contributed by atoms with Gasteiger partial charge in [-0.3, -0.25) is 4.79 Å². The molecule has 0 radical (unpaired) electrons. The van der Waals surface area contributed by atoms with Crippen molar-refractivity contribution in [3.8, 4) is 0 Å². The van der Waals surface area contributed by atoms with E-state index in [-0.39, 0.29) is 11.9 Å². The van der Waals surface area contributed by atoms with Gasteiger partial charge in [0.05, 0.1) is 6.04 Å². The minimum atomic E-state index is -0.0434. The van der Waals surface area contributed by atoms with Crippen LogP contribution in [0.25, 0.3) is 0 Å². The molecule has 1 N–H and O–H groups in total. The van der Waals surface area contributed by atoms with Crippen LogP contribution in [0.15, 0.2) is 0 Å². The molecule has 1 unspecified atom stereocenters. The summed E-state index contributed by atoms with van der Waals surface area (Å²) in [5, 5.41) is 3.40. The lowest BCUT2D eigenvalue weighted by atomic mass is 10.1. The quantitative estimate of drug-likeness (QED) is 0.762. The Bertz CT molecular complexity index is 191. The highest BCUT2D eigenvalue weighted by atomic mass is 32.2. The first-order chi connectivity index (χ1) is 6.61. The van der Waals surface area contributed by atoms with E-state index in [1.54, 1.807) is 19.0 Å². The van der Waals surface area contributed by atoms with E-state index in [1.807, 2.05) is 18.7 Å². The van der Waals surface area contributed by atoms with Gasteiger partial charge in [0.2, 0.25) is 5.91 Å². The van der Waals surface area contributed by atoms with Crippen molar-refractivity contribution in [1.29, 1.82) is 0 Å². The van der Waals surface area contributed by atoms with Gasteiger partial charge in [-0.05, 0) is 31.3 Å². The number of nitrogens with zero attached hydrogens (tertiary/aromatic N) is 1. The van der Waals surface area contributed by atoms with Gasteiger partial charge in [0.1, 0.15) is 0 Å². The fraction of sp³-hybridized carbons (Fsp3) is 0.900. The van der Waals surface area contributed by atoms with Crippen LogP contribution in [-0.2, 0) is 4.79 Å². The number of hydrogen-bond acceptors (Lipinski definition) is 3. The Morgan fingerprint density at radius 2 is 2.00 bits per heavy atom. The van der Waals surface area contributed by atoms with Crippen molar-refractivity contribution >= 4 is 17.7 Å². The predicted molar refractivity (Wildman–Crippen MR) is 61.6 cm³/mol. The number of likely N-dealkylation sites (N-methyl/N-ethyl adjacent to an activating group) is 1. The Labute approximate surface area is 90.6 Å². The highest BCUT2D eigenvalue weighted by Crippen LogP contribution is 2.17. The van der Waals surface area contributed by atoms with Crippen LogP contribution in [0, 0.1) is 0 Å². The Morgan fingerprint density at radius 3 is 2.50 bits per heavy atom. The molecule has 0 aliphatic carbocycles. The maximum atomic E-state index is 11.6. The lowest BCUT2D eigenvalue weighted by Crippen LogP contribution is -2.47. The average molecular weight is 216 g/mol. The largest absolute Gasteiger partial charge is 0.347 e. The van der Waals surface area contributed by atoms with Crippen molar-refractivity contribution in [3.63, 3.8) is 0 Å². The molecule has 1 amide bonds. The maximum absolute atomic E-state index is 11.6. The number of carbonyl (C=O) groups excluding carboxylic acids is 1. The normalized spacial score (nSPS) is 20.5. The lowest BCUT2D eigenvalue weighted by molar-refractivity contribution is -0.130. The van der Waals surface area contributed by atoms with Gasteiger partial charge in [0.15, 0.2) is 0 Å². The molecule has 1 heterocycles. The van der Waals surface area contributed by atoms with Crippen LogP contribution < -0.4 is 5.32 Å². The standard InChI is InChI=1S/C10H20N2OS/c1-8(10(13)12(2)3)11-9-4-6-14-7-5-9/h8-9,11H,4-7H2,1-3H3. The summed E-state index contributed by atoms with van der Waals surface area (Å²) in [4.78, 5) is 13.2. The molecule has 1 atom stereocenters. The van der Waals surface area contributed by atoms with Gasteiger partial charge in [-0.1, -0.05) is 0 Å². The summed E-state index contributed by atoms with van der Waals surface area (Å²) in [5.74, 6) is 2.62. The fourth-order valence-electron chi connectivity index (χ4n) is 1.68. The van der Waals surface area contributed by atoms with Crippen molar-refractivity contribution in [2.45, 2.75) is 31.8 Å². The van der Waals surface area contributed by atoms with Crippen LogP contribution in [0.3, 0.4) is 0 Å². The molecule has 3 nitrogen and oxygen atoms in total. The van der Waals surface area contributed by atoms with Crippen LogP contribution in [0.1, 0.15) is 19.8 Å². The van der Waals surface area contributed by atoms with E-state index in [9.17, 15) is 4.79 Å². The van der Waals surface area contributed by atoms with Crippen molar-refractivity contribution in [2.75, 3.05) is 25.6 Å². The number of rotatable bonds is 3. The molecule has 82 valence electrons. The zero-order valence-corrected chi connectivity index (χ0v) is 10.1. The Kier molecular flexibility index (Phi) is 4.75. The van der Waals surface area contributed by atoms with Gasteiger partial charge in [-0.15, -0.1) is 0 Å². The molecule has 0 bridgehead atoms. The third kappa shape index (κ3) is 3.50. The van der Waals surface area contributed by atoms with Crippen LogP contribution in [0.2, 0.25) is 0 Å². The summed E-state index contributed by atoms with van der Waals surface area (Å²) >= 11 is 2.01. The summed E-state index contributed by atoms with van der Waals surface area (Å²) in [5.41, 5.74) is 0. The predicted octanol–water partition coefficient (Wildman–Crippen LogP) is 0.948. The molecule has 0 aromatic carbocycles. The summed E-state index contributed by atoms with van der Waals surface area (Å²) < 4.78 is 0. The molecule has 0 saturated carbocycles. The number of amides is 1. The molecule has 0 aromatic heterocycles. The number of carbonyl (C=O) groups is 1. The van der Waals surface area contributed by atoms with E-state index in [0.717, 1.165) is 0 Å². The first-order valence-corrected chi connectivity index (χ1v) is 6.31. The molecule has 1 aliphatic rings. The van der Waals surface area contributed by atoms with Gasteiger partial charge in [0.25, 0.3) is 0 Å². The summed E-state index contributed by atoms with van der Waals surface area (Å²) in [6.45, 7) is 1.95. The first-order valence-electron chi connectivity index (χ1n) is 5.16. The van der Waals surface area contributed by atoms with Crippen molar-refractivity contribution in [1.82, 2.24) is 10.2 Å². The third-order valence-electron chi connectivity index (χ3n) is 2.52. The van der Waals surface area contributed by atoms with Crippen molar-refractivity contribution in [3.05, 3.63) is 0 Å². The summed E-state index contributed by atoms with van der Waals surface area (Å²) in [7, 11) is 3.61. The molecular formula is C10H20N2OS. The van der Waals surface area contributed by atoms with E-state index in [2.05, 4.69) is 5.32 Å². The minimum Gasteiger partial charge on any atom is -0.347 e. The van der Waals surface area contributed by atoms with Crippen molar-refractivity contribution < 1.29 is 4.79 Å². The Morgan fingerprint density at radius 1 is 1.43 bits per heavy atom. The van der Waals surface area contributed by atoms with E-state index in [1.165, 1.54) is 24.3 Å². The molecule has 1 saturated heterocycles. The second-order valence-electron chi connectivity index (χ2n) is 4.01. The molecule has 1 fully saturated rings. The zero-order chi connectivity index (χ0) is 10.6. The first kappa shape index (κ1) is 11.9. The third-order valence-corrected chi connectivity index (χ3v) is 3.57. The summed E-state index contributed by atoms with van der Waals surface area (Å²) in [6.07, 6.45) is 2.38. The summed E-state index contributed by atoms with van der Waals surface area (Å²) in [6, 6.07) is 0.494. The van der Waals surface area contributed by atoms with E-state index >= 15 is 0 Å². The number of hydrogen-bond donors (Lipinski definition) is 1. The smallest absolute Gasteiger partial charge is 0.238 e. The molecule has 0 aromatic rings. The molecule has 4 heteroatoms. The number of thioether (sulfide) groups is 1. The zero-order valence-electron chi connectivity index (χ0n) is 9.25. The highest BCUT2D eigenvalue weighted by Gasteiger charge is 2.20. The van der Waals surface area contributed by atoms with E-state index < -0.39 is 0 Å². The number of nitrogens with one attached hydrogen (secondary N) is 1. The Balaban J connectivity index is 2.31. The van der Waals surface area contributed by atoms with E-state index in [0.29, 0.717) is 6.04 Å². The molecule has 1 rings (SSSR count). The average Bonchev–Trinajstić information content (AvgIpc) is 2.18. The topological polar surface area (TPSA) is 32.3 Å². The lowest BCUT2D eigenvalue weighted by Gasteiger charge is -2.27. The molecule has 0 spiro atoms. The van der Waals surface area contributed by atoms with Crippen LogP contribution >= 0.6 is 11.8 Å². The SMILES string of the molecule is CC(NC1CCSCC1)C(=O)N(C)C. The maximum Gasteiger partial charge on any atom is 0.238 e. The molecule has 14 heavy (non-hydrogen) atoms. The second-order valence-corrected chi connectivity index (χ2v) is 5.23. The minimum absolute atomic E-state index is 0.0434. The van der Waals surface area contributed by atoms with Crippen LogP contribution in [-0.4, -0.2) is 48.5 Å². The van der Waals surface area contributed by atoms with Crippen LogP contribution in [0.5, 0.6) is 0 Å². The Hall–Kier alpha value is -0.220. The highest BCUT2D eigenvalue weighted by molar-refractivity contribution is 7.99. The van der Waals surface area contributed by atoms with Crippen molar-refractivity contribution in [2.24, 2.45) is 0 Å². The molecule has 1 aliphatic heterocycles. The van der Waals surface area contributed by atoms with Gasteiger partial charge >= 0.3 is 0 Å². The van der Waals surface area contributed by atoms with Gasteiger partial charge in [-0.2, -0.15) is 11.8 Å². The van der Waals surface area contributed by atoms with Crippen LogP contribution in [0.4, 0.5) is 0 Å². The molecular weight excluding hydrogens is 196 g/mol. The second kappa shape index (κ2) is 5.61.